The quantitative estimate of drug-likeness (QED) is 0.700. The first-order chi connectivity index (χ1) is 8.06. The second-order valence-corrected chi connectivity index (χ2v) is 3.70. The molecule has 1 aromatic rings. The molecule has 0 fully saturated rings. The van der Waals surface area contributed by atoms with Crippen LogP contribution in [0, 0.1) is 0 Å². The Morgan fingerprint density at radius 2 is 1.94 bits per heavy atom. The predicted molar refractivity (Wildman–Crippen MR) is 63.2 cm³/mol. The van der Waals surface area contributed by atoms with Gasteiger partial charge in [-0.15, -0.1) is 0 Å². The zero-order valence-electron chi connectivity index (χ0n) is 9.59. The maximum Gasteiger partial charge on any atom is 0.326 e. The lowest BCUT2D eigenvalue weighted by Gasteiger charge is -2.16. The molecule has 17 heavy (non-hydrogen) atoms. The Kier molecular flexibility index (Phi) is 4.66. The number of hydrogen-bond acceptors (Lipinski definition) is 3. The molecule has 0 heterocycles. The fourth-order valence-corrected chi connectivity index (χ4v) is 1.41. The number of carbonyl (C=O) groups excluding carboxylic acids is 1. The molecule has 0 aliphatic rings. The minimum Gasteiger partial charge on any atom is -0.480 e. The summed E-state index contributed by atoms with van der Waals surface area (Å²) in [5, 5.41) is 11.2. The van der Waals surface area contributed by atoms with Crippen molar-refractivity contribution >= 4 is 11.9 Å². The molecule has 0 aliphatic carbocycles. The van der Waals surface area contributed by atoms with Gasteiger partial charge in [0.1, 0.15) is 12.1 Å². The maximum absolute atomic E-state index is 11.7. The van der Waals surface area contributed by atoms with Gasteiger partial charge in [-0.3, -0.25) is 4.79 Å². The molecule has 0 spiro atoms. The number of carboxylic acid groups (broad SMARTS) is 1. The van der Waals surface area contributed by atoms with Crippen molar-refractivity contribution in [3.8, 4) is 0 Å². The van der Waals surface area contributed by atoms with Crippen LogP contribution in [0.3, 0.4) is 0 Å². The molecule has 5 nitrogen and oxygen atoms in total. The number of amides is 1. The van der Waals surface area contributed by atoms with Gasteiger partial charge >= 0.3 is 5.97 Å². The molecule has 1 aromatic carbocycles. The fraction of sp³-hybridized carbons (Fsp3) is 0.333. The summed E-state index contributed by atoms with van der Waals surface area (Å²) in [5.41, 5.74) is 6.39. The number of hydrogen-bond donors (Lipinski definition) is 3. The molecule has 5 heteroatoms. The highest BCUT2D eigenvalue weighted by molar-refractivity contribution is 5.87. The first kappa shape index (κ1) is 13.2. The standard InChI is InChI=1S/C12H16N2O3/c1-2-9(12(16)17)14-11(15)10(13)8-6-4-3-5-7-8/h3-7,9-10H,2,13H2,1H3,(H,14,15)(H,16,17)/t9-,10-/m0/s1. The lowest BCUT2D eigenvalue weighted by molar-refractivity contribution is -0.142. The number of carboxylic acids is 1. The topological polar surface area (TPSA) is 92.4 Å². The van der Waals surface area contributed by atoms with Crippen molar-refractivity contribution in [2.45, 2.75) is 25.4 Å². The normalized spacial score (nSPS) is 13.8. The van der Waals surface area contributed by atoms with Gasteiger partial charge in [0, 0.05) is 0 Å². The second kappa shape index (κ2) is 6.00. The third-order valence-corrected chi connectivity index (χ3v) is 2.46. The van der Waals surface area contributed by atoms with Crippen LogP contribution >= 0.6 is 0 Å². The van der Waals surface area contributed by atoms with E-state index in [4.69, 9.17) is 10.8 Å². The van der Waals surface area contributed by atoms with Crippen molar-refractivity contribution in [1.29, 1.82) is 0 Å². The minimum absolute atomic E-state index is 0.322. The number of benzene rings is 1. The van der Waals surface area contributed by atoms with Crippen LogP contribution in [0.25, 0.3) is 0 Å². The summed E-state index contributed by atoms with van der Waals surface area (Å²) in [5.74, 6) is -1.54. The Labute approximate surface area is 99.6 Å². The van der Waals surface area contributed by atoms with Crippen LogP contribution < -0.4 is 11.1 Å². The molecule has 1 amide bonds. The molecule has 0 radical (unpaired) electrons. The van der Waals surface area contributed by atoms with Crippen LogP contribution in [0.5, 0.6) is 0 Å². The van der Waals surface area contributed by atoms with Gasteiger partial charge in [0.2, 0.25) is 5.91 Å². The molecule has 92 valence electrons. The summed E-state index contributed by atoms with van der Waals surface area (Å²) in [6.45, 7) is 1.69. The highest BCUT2D eigenvalue weighted by atomic mass is 16.4. The Bertz CT molecular complexity index is 392. The van der Waals surface area contributed by atoms with E-state index in [0.29, 0.717) is 12.0 Å². The summed E-state index contributed by atoms with van der Waals surface area (Å²) in [6.07, 6.45) is 0.322. The van der Waals surface area contributed by atoms with Crippen LogP contribution in [0.15, 0.2) is 30.3 Å². The second-order valence-electron chi connectivity index (χ2n) is 3.70. The van der Waals surface area contributed by atoms with E-state index in [0.717, 1.165) is 0 Å². The molecular formula is C12H16N2O3. The lowest BCUT2D eigenvalue weighted by atomic mass is 10.1. The highest BCUT2D eigenvalue weighted by Gasteiger charge is 2.22. The van der Waals surface area contributed by atoms with E-state index < -0.39 is 24.0 Å². The van der Waals surface area contributed by atoms with E-state index in [9.17, 15) is 9.59 Å². The molecular weight excluding hydrogens is 220 g/mol. The number of nitrogens with two attached hydrogens (primary N) is 1. The largest absolute Gasteiger partial charge is 0.480 e. The molecule has 0 saturated heterocycles. The molecule has 1 rings (SSSR count). The van der Waals surface area contributed by atoms with E-state index in [1.807, 2.05) is 6.07 Å². The first-order valence-corrected chi connectivity index (χ1v) is 5.40. The Balaban J connectivity index is 2.68. The summed E-state index contributed by atoms with van der Waals surface area (Å²) in [4.78, 5) is 22.5. The van der Waals surface area contributed by atoms with Gasteiger partial charge in [-0.2, -0.15) is 0 Å². The van der Waals surface area contributed by atoms with Crippen molar-refractivity contribution in [1.82, 2.24) is 5.32 Å². The van der Waals surface area contributed by atoms with E-state index in [2.05, 4.69) is 5.32 Å². The van der Waals surface area contributed by atoms with E-state index in [1.165, 1.54) is 0 Å². The summed E-state index contributed by atoms with van der Waals surface area (Å²) in [6, 6.07) is 7.09. The van der Waals surface area contributed by atoms with Crippen molar-refractivity contribution in [2.75, 3.05) is 0 Å². The number of rotatable bonds is 5. The van der Waals surface area contributed by atoms with Crippen LogP contribution in [0.4, 0.5) is 0 Å². The third kappa shape index (κ3) is 3.57. The molecule has 0 aliphatic heterocycles. The lowest BCUT2D eigenvalue weighted by Crippen LogP contribution is -2.44. The van der Waals surface area contributed by atoms with Crippen molar-refractivity contribution in [3.05, 3.63) is 35.9 Å². The van der Waals surface area contributed by atoms with Crippen LogP contribution in [-0.2, 0) is 9.59 Å². The molecule has 0 unspecified atom stereocenters. The Morgan fingerprint density at radius 1 is 1.35 bits per heavy atom. The van der Waals surface area contributed by atoms with E-state index in [1.54, 1.807) is 31.2 Å². The summed E-state index contributed by atoms with van der Waals surface area (Å²) in [7, 11) is 0. The van der Waals surface area contributed by atoms with Crippen LogP contribution in [-0.4, -0.2) is 23.0 Å². The van der Waals surface area contributed by atoms with Gasteiger partial charge in [0.15, 0.2) is 0 Å². The molecule has 2 atom stereocenters. The van der Waals surface area contributed by atoms with Gasteiger partial charge in [0.25, 0.3) is 0 Å². The number of nitrogens with one attached hydrogen (secondary N) is 1. The van der Waals surface area contributed by atoms with Gasteiger partial charge in [-0.25, -0.2) is 4.79 Å². The molecule has 0 aromatic heterocycles. The van der Waals surface area contributed by atoms with Crippen molar-refractivity contribution in [3.63, 3.8) is 0 Å². The highest BCUT2D eigenvalue weighted by Crippen LogP contribution is 2.09. The SMILES string of the molecule is CC[C@H](NC(=O)[C@@H](N)c1ccccc1)C(=O)O. The van der Waals surface area contributed by atoms with E-state index >= 15 is 0 Å². The number of aliphatic carboxylic acids is 1. The van der Waals surface area contributed by atoms with Crippen LogP contribution in [0.2, 0.25) is 0 Å². The minimum atomic E-state index is -1.05. The number of carbonyl (C=O) groups is 2. The Hall–Kier alpha value is -1.88. The predicted octanol–water partition coefficient (Wildman–Crippen LogP) is 0.666. The molecule has 0 saturated carbocycles. The fourth-order valence-electron chi connectivity index (χ4n) is 1.41. The summed E-state index contributed by atoms with van der Waals surface area (Å²) >= 11 is 0. The van der Waals surface area contributed by atoms with E-state index in [-0.39, 0.29) is 0 Å². The Morgan fingerprint density at radius 3 is 2.41 bits per heavy atom. The molecule has 0 bridgehead atoms. The zero-order chi connectivity index (χ0) is 12.8. The van der Waals surface area contributed by atoms with Crippen molar-refractivity contribution in [2.24, 2.45) is 5.73 Å². The zero-order valence-corrected chi connectivity index (χ0v) is 9.59. The smallest absolute Gasteiger partial charge is 0.326 e. The monoisotopic (exact) mass is 236 g/mol. The van der Waals surface area contributed by atoms with Gasteiger partial charge in [-0.1, -0.05) is 37.3 Å². The first-order valence-electron chi connectivity index (χ1n) is 5.40. The maximum atomic E-state index is 11.7. The van der Waals surface area contributed by atoms with Gasteiger partial charge in [0.05, 0.1) is 0 Å². The molecule has 4 N–H and O–H groups in total. The average molecular weight is 236 g/mol. The average Bonchev–Trinajstić information content (AvgIpc) is 2.35. The van der Waals surface area contributed by atoms with Crippen LogP contribution in [0.1, 0.15) is 24.9 Å². The van der Waals surface area contributed by atoms with Crippen molar-refractivity contribution < 1.29 is 14.7 Å². The summed E-state index contributed by atoms with van der Waals surface area (Å²) < 4.78 is 0. The van der Waals surface area contributed by atoms with Gasteiger partial charge in [-0.05, 0) is 12.0 Å². The van der Waals surface area contributed by atoms with Gasteiger partial charge < -0.3 is 16.2 Å². The third-order valence-electron chi connectivity index (χ3n) is 2.46.